The molecule has 1 nitrogen and oxygen atoms in total. The summed E-state index contributed by atoms with van der Waals surface area (Å²) in [4.78, 5) is 0. The summed E-state index contributed by atoms with van der Waals surface area (Å²) in [6, 6.07) is 0. The summed E-state index contributed by atoms with van der Waals surface area (Å²) in [5, 5.41) is 0. The summed E-state index contributed by atoms with van der Waals surface area (Å²) in [6.07, 6.45) is 0.602. The third-order valence-corrected chi connectivity index (χ3v) is 1.03. The number of hydrogen-bond donors (Lipinski definition) is 0. The predicted molar refractivity (Wildman–Crippen MR) is 31.7 cm³/mol. The molecule has 1 unspecified atom stereocenters. The Labute approximate surface area is 49.8 Å². The fraction of sp³-hybridized carbons (Fsp3) is 1.00. The van der Waals surface area contributed by atoms with Gasteiger partial charge in [0.1, 0.15) is 6.67 Å². The minimum Gasteiger partial charge on any atom is -0.376 e. The first kappa shape index (κ1) is 7.89. The number of rotatable bonds is 4. The molecule has 0 bridgehead atoms. The van der Waals surface area contributed by atoms with Gasteiger partial charge in [0.05, 0.1) is 6.10 Å². The van der Waals surface area contributed by atoms with Crippen LogP contribution in [-0.4, -0.2) is 19.4 Å². The van der Waals surface area contributed by atoms with Gasteiger partial charge < -0.3 is 4.74 Å². The van der Waals surface area contributed by atoms with Crippen molar-refractivity contribution in [1.82, 2.24) is 0 Å². The highest BCUT2D eigenvalue weighted by Crippen LogP contribution is 1.96. The molecular formula is C6H13FO. The van der Waals surface area contributed by atoms with Gasteiger partial charge in [-0.3, -0.25) is 0 Å². The lowest BCUT2D eigenvalue weighted by atomic mass is 10.3. The molecule has 0 aliphatic carbocycles. The van der Waals surface area contributed by atoms with Crippen LogP contribution < -0.4 is 0 Å². The molecule has 0 aliphatic rings. The first-order chi connectivity index (χ1) is 3.85. The van der Waals surface area contributed by atoms with Crippen LogP contribution in [0.4, 0.5) is 4.39 Å². The summed E-state index contributed by atoms with van der Waals surface area (Å²) < 4.78 is 16.7. The van der Waals surface area contributed by atoms with Gasteiger partial charge in [0.2, 0.25) is 0 Å². The van der Waals surface area contributed by atoms with E-state index in [2.05, 4.69) is 0 Å². The maximum atomic E-state index is 11.7. The smallest absolute Gasteiger partial charge is 0.116 e. The number of alkyl halides is 1. The monoisotopic (exact) mass is 120 g/mol. The van der Waals surface area contributed by atoms with Crippen LogP contribution in [0, 0.1) is 0 Å². The zero-order valence-corrected chi connectivity index (χ0v) is 5.48. The quantitative estimate of drug-likeness (QED) is 0.549. The Hall–Kier alpha value is -0.110. The van der Waals surface area contributed by atoms with Crippen LogP contribution in [0.25, 0.3) is 0 Å². The second kappa shape index (κ2) is 5.04. The van der Waals surface area contributed by atoms with Crippen molar-refractivity contribution in [3.63, 3.8) is 0 Å². The summed E-state index contributed by atoms with van der Waals surface area (Å²) in [6.45, 7) is 4.05. The molecule has 0 saturated carbocycles. The van der Waals surface area contributed by atoms with Gasteiger partial charge >= 0.3 is 0 Å². The average molecular weight is 120 g/mol. The minimum atomic E-state index is -0.357. The van der Waals surface area contributed by atoms with E-state index < -0.39 is 0 Å². The number of hydrogen-bond acceptors (Lipinski definition) is 1. The van der Waals surface area contributed by atoms with E-state index in [1.54, 1.807) is 0 Å². The third-order valence-electron chi connectivity index (χ3n) is 1.03. The fourth-order valence-corrected chi connectivity index (χ4v) is 0.507. The molecule has 0 radical (unpaired) electrons. The van der Waals surface area contributed by atoms with Crippen molar-refractivity contribution >= 4 is 0 Å². The Morgan fingerprint density at radius 3 is 2.25 bits per heavy atom. The highest BCUT2D eigenvalue weighted by molar-refractivity contribution is 4.49. The molecule has 0 rings (SSSR count). The van der Waals surface area contributed by atoms with Crippen molar-refractivity contribution in [2.75, 3.05) is 13.3 Å². The van der Waals surface area contributed by atoms with Crippen molar-refractivity contribution in [3.05, 3.63) is 0 Å². The van der Waals surface area contributed by atoms with Crippen molar-refractivity contribution in [1.29, 1.82) is 0 Å². The molecule has 0 fully saturated rings. The second-order valence-corrected chi connectivity index (χ2v) is 1.64. The van der Waals surface area contributed by atoms with E-state index in [1.807, 2.05) is 13.8 Å². The maximum Gasteiger partial charge on any atom is 0.116 e. The maximum absolute atomic E-state index is 11.7. The van der Waals surface area contributed by atoms with E-state index >= 15 is 0 Å². The molecule has 8 heavy (non-hydrogen) atoms. The SMILES string of the molecule is CCOC(CC)CF. The van der Waals surface area contributed by atoms with Crippen LogP contribution in [0.3, 0.4) is 0 Å². The highest BCUT2D eigenvalue weighted by atomic mass is 19.1. The van der Waals surface area contributed by atoms with Gasteiger partial charge in [-0.2, -0.15) is 0 Å². The molecule has 0 amide bonds. The molecule has 0 aromatic heterocycles. The van der Waals surface area contributed by atoms with Crippen LogP contribution in [-0.2, 0) is 4.74 Å². The van der Waals surface area contributed by atoms with Crippen LogP contribution in [0.1, 0.15) is 20.3 Å². The molecule has 0 N–H and O–H groups in total. The van der Waals surface area contributed by atoms with Crippen LogP contribution in [0.15, 0.2) is 0 Å². The molecule has 0 aromatic carbocycles. The lowest BCUT2D eigenvalue weighted by Gasteiger charge is -2.08. The lowest BCUT2D eigenvalue weighted by Crippen LogP contribution is -2.13. The van der Waals surface area contributed by atoms with Crippen LogP contribution in [0.5, 0.6) is 0 Å². The highest BCUT2D eigenvalue weighted by Gasteiger charge is 2.01. The van der Waals surface area contributed by atoms with Gasteiger partial charge in [0.25, 0.3) is 0 Å². The Morgan fingerprint density at radius 2 is 2.12 bits per heavy atom. The molecule has 2 heteroatoms. The van der Waals surface area contributed by atoms with E-state index in [4.69, 9.17) is 4.74 Å². The lowest BCUT2D eigenvalue weighted by molar-refractivity contribution is 0.0421. The molecule has 0 aromatic rings. The van der Waals surface area contributed by atoms with Crippen molar-refractivity contribution < 1.29 is 9.13 Å². The first-order valence-electron chi connectivity index (χ1n) is 3.02. The molecule has 0 saturated heterocycles. The van der Waals surface area contributed by atoms with E-state index in [9.17, 15) is 4.39 Å². The predicted octanol–water partition coefficient (Wildman–Crippen LogP) is 1.77. The molecule has 1 atom stereocenters. The van der Waals surface area contributed by atoms with Gasteiger partial charge in [-0.15, -0.1) is 0 Å². The number of halogens is 1. The van der Waals surface area contributed by atoms with Gasteiger partial charge in [0, 0.05) is 6.61 Å². The van der Waals surface area contributed by atoms with E-state index in [0.717, 1.165) is 6.42 Å². The minimum absolute atomic E-state index is 0.167. The van der Waals surface area contributed by atoms with Gasteiger partial charge in [0.15, 0.2) is 0 Å². The fourth-order valence-electron chi connectivity index (χ4n) is 0.507. The van der Waals surface area contributed by atoms with E-state index in [0.29, 0.717) is 6.61 Å². The summed E-state index contributed by atoms with van der Waals surface area (Å²) >= 11 is 0. The molecule has 0 spiro atoms. The normalized spacial score (nSPS) is 13.9. The first-order valence-corrected chi connectivity index (χ1v) is 3.02. The van der Waals surface area contributed by atoms with E-state index in [1.165, 1.54) is 0 Å². The van der Waals surface area contributed by atoms with Crippen molar-refractivity contribution in [2.24, 2.45) is 0 Å². The summed E-state index contributed by atoms with van der Waals surface area (Å²) in [5.41, 5.74) is 0. The van der Waals surface area contributed by atoms with Crippen LogP contribution in [0.2, 0.25) is 0 Å². The van der Waals surface area contributed by atoms with E-state index in [-0.39, 0.29) is 12.8 Å². The van der Waals surface area contributed by atoms with Gasteiger partial charge in [-0.25, -0.2) is 4.39 Å². The molecule has 0 heterocycles. The van der Waals surface area contributed by atoms with Crippen LogP contribution >= 0.6 is 0 Å². The van der Waals surface area contributed by atoms with Crippen molar-refractivity contribution in [2.45, 2.75) is 26.4 Å². The van der Waals surface area contributed by atoms with Crippen molar-refractivity contribution in [3.8, 4) is 0 Å². The molecule has 50 valence electrons. The summed E-state index contributed by atoms with van der Waals surface area (Å²) in [5.74, 6) is 0. The van der Waals surface area contributed by atoms with Gasteiger partial charge in [-0.05, 0) is 13.3 Å². The molecular weight excluding hydrogens is 107 g/mol. The standard InChI is InChI=1S/C6H13FO/c1-3-6(5-7)8-4-2/h6H,3-5H2,1-2H3. The Balaban J connectivity index is 3.07. The average Bonchev–Trinajstić information content (AvgIpc) is 1.83. The Kier molecular flexibility index (Phi) is 4.97. The third kappa shape index (κ3) is 2.97. The Bertz CT molecular complexity index is 43.8. The zero-order valence-electron chi connectivity index (χ0n) is 5.48. The van der Waals surface area contributed by atoms with Gasteiger partial charge in [-0.1, -0.05) is 6.92 Å². The second-order valence-electron chi connectivity index (χ2n) is 1.64. The Morgan fingerprint density at radius 1 is 1.50 bits per heavy atom. The zero-order chi connectivity index (χ0) is 6.41. The largest absolute Gasteiger partial charge is 0.376 e. The summed E-state index contributed by atoms with van der Waals surface area (Å²) in [7, 11) is 0. The number of ether oxygens (including phenoxy) is 1. The topological polar surface area (TPSA) is 9.23 Å². The molecule has 0 aliphatic heterocycles.